The number of imidazole rings is 1. The number of nitrogens with zero attached hydrogens (tertiary/aromatic N) is 3. The highest BCUT2D eigenvalue weighted by atomic mass is 32.2. The van der Waals surface area contributed by atoms with Gasteiger partial charge in [-0.25, -0.2) is 13.4 Å². The van der Waals surface area contributed by atoms with E-state index in [0.29, 0.717) is 19.7 Å². The van der Waals surface area contributed by atoms with E-state index in [1.54, 1.807) is 31.9 Å². The van der Waals surface area contributed by atoms with Gasteiger partial charge in [-0.1, -0.05) is 19.1 Å². The summed E-state index contributed by atoms with van der Waals surface area (Å²) in [5.74, 6) is 0.834. The minimum absolute atomic E-state index is 0.0203. The number of rotatable bonds is 10. The molecule has 1 unspecified atom stereocenters. The average Bonchev–Trinajstić information content (AvgIpc) is 3.08. The smallest absolute Gasteiger partial charge is 0.227 e. The molecule has 0 amide bonds. The second kappa shape index (κ2) is 9.34. The van der Waals surface area contributed by atoms with Crippen LogP contribution in [0.1, 0.15) is 31.1 Å². The lowest BCUT2D eigenvalue weighted by molar-refractivity contribution is 0.180. The Morgan fingerprint density at radius 3 is 2.67 bits per heavy atom. The maximum atomic E-state index is 12.4. The largest absolute Gasteiger partial charge is 0.497 e. The predicted molar refractivity (Wildman–Crippen MR) is 105 cm³/mol. The summed E-state index contributed by atoms with van der Waals surface area (Å²) in [7, 11) is 1.86. The van der Waals surface area contributed by atoms with E-state index < -0.39 is 9.84 Å². The quantitative estimate of drug-likeness (QED) is 0.615. The molecule has 0 bridgehead atoms. The molecule has 2 aromatic rings. The highest BCUT2D eigenvalue weighted by molar-refractivity contribution is 7.91. The Morgan fingerprint density at radius 2 is 2.04 bits per heavy atom. The van der Waals surface area contributed by atoms with Gasteiger partial charge in [-0.05, 0) is 31.7 Å². The van der Waals surface area contributed by atoms with Crippen molar-refractivity contribution in [3.63, 3.8) is 0 Å². The molecule has 27 heavy (non-hydrogen) atoms. The molecule has 0 N–H and O–H groups in total. The van der Waals surface area contributed by atoms with E-state index in [0.717, 1.165) is 17.0 Å². The van der Waals surface area contributed by atoms with E-state index in [1.807, 2.05) is 25.2 Å². The van der Waals surface area contributed by atoms with E-state index in [9.17, 15) is 8.42 Å². The first kappa shape index (κ1) is 21.4. The third kappa shape index (κ3) is 5.09. The number of hydrogen-bond acceptors (Lipinski definition) is 6. The second-order valence-electron chi connectivity index (χ2n) is 6.45. The monoisotopic (exact) mass is 395 g/mol. The molecule has 2 rings (SSSR count). The molecule has 0 aliphatic rings. The zero-order valence-electron chi connectivity index (χ0n) is 16.7. The molecule has 0 fully saturated rings. The number of methoxy groups -OCH3 is 2. The maximum Gasteiger partial charge on any atom is 0.227 e. The lowest BCUT2D eigenvalue weighted by atomic mass is 10.1. The first-order valence-electron chi connectivity index (χ1n) is 8.94. The zero-order chi connectivity index (χ0) is 20.0. The fraction of sp³-hybridized carbons (Fsp3) is 0.526. The normalized spacial score (nSPS) is 13.1. The summed E-state index contributed by atoms with van der Waals surface area (Å²) < 4.78 is 36.9. The molecule has 0 spiro atoms. The number of sulfone groups is 1. The molecule has 0 radical (unpaired) electrons. The Balaban J connectivity index is 2.27. The van der Waals surface area contributed by atoms with Crippen molar-refractivity contribution in [1.29, 1.82) is 0 Å². The molecule has 0 saturated heterocycles. The first-order valence-corrected chi connectivity index (χ1v) is 10.6. The van der Waals surface area contributed by atoms with Crippen LogP contribution in [0.5, 0.6) is 5.75 Å². The zero-order valence-corrected chi connectivity index (χ0v) is 17.5. The Labute approximate surface area is 161 Å². The van der Waals surface area contributed by atoms with Gasteiger partial charge in [0.25, 0.3) is 0 Å². The van der Waals surface area contributed by atoms with E-state index in [-0.39, 0.29) is 17.0 Å². The van der Waals surface area contributed by atoms with Crippen molar-refractivity contribution in [3.8, 4) is 5.75 Å². The van der Waals surface area contributed by atoms with Crippen LogP contribution in [0.4, 0.5) is 0 Å². The van der Waals surface area contributed by atoms with Crippen LogP contribution in [-0.2, 0) is 27.7 Å². The van der Waals surface area contributed by atoms with Gasteiger partial charge < -0.3 is 14.0 Å². The second-order valence-corrected chi connectivity index (χ2v) is 8.62. The van der Waals surface area contributed by atoms with Gasteiger partial charge in [0.15, 0.2) is 0 Å². The van der Waals surface area contributed by atoms with Crippen molar-refractivity contribution in [2.45, 2.75) is 38.1 Å². The summed E-state index contributed by atoms with van der Waals surface area (Å²) in [6.45, 7) is 5.16. The van der Waals surface area contributed by atoms with Gasteiger partial charge >= 0.3 is 0 Å². The lowest BCUT2D eigenvalue weighted by Crippen LogP contribution is -2.25. The maximum absolute atomic E-state index is 12.4. The van der Waals surface area contributed by atoms with Crippen molar-refractivity contribution in [2.75, 3.05) is 33.6 Å². The minimum atomic E-state index is -3.39. The minimum Gasteiger partial charge on any atom is -0.497 e. The number of hydrogen-bond donors (Lipinski definition) is 0. The number of aromatic nitrogens is 2. The summed E-state index contributed by atoms with van der Waals surface area (Å²) in [4.78, 5) is 6.35. The Bertz CT molecular complexity index is 848. The predicted octanol–water partition coefficient (Wildman–Crippen LogP) is 2.52. The SMILES string of the molecule is CCS(=O)(=O)c1ncc(CN(C)C(C)c2cccc(OC)c2)n1CCOC. The highest BCUT2D eigenvalue weighted by Crippen LogP contribution is 2.25. The van der Waals surface area contributed by atoms with Crippen LogP contribution < -0.4 is 4.74 Å². The molecule has 1 heterocycles. The van der Waals surface area contributed by atoms with Gasteiger partial charge in [-0.3, -0.25) is 4.90 Å². The van der Waals surface area contributed by atoms with E-state index in [4.69, 9.17) is 9.47 Å². The van der Waals surface area contributed by atoms with Crippen LogP contribution in [0.15, 0.2) is 35.6 Å². The van der Waals surface area contributed by atoms with Crippen LogP contribution >= 0.6 is 0 Å². The third-order valence-electron chi connectivity index (χ3n) is 4.73. The van der Waals surface area contributed by atoms with Crippen molar-refractivity contribution >= 4 is 9.84 Å². The molecule has 1 aromatic heterocycles. The Kier molecular flexibility index (Phi) is 7.41. The molecule has 150 valence electrons. The van der Waals surface area contributed by atoms with Crippen molar-refractivity contribution < 1.29 is 17.9 Å². The summed E-state index contributed by atoms with van der Waals surface area (Å²) in [5, 5.41) is 0.111. The van der Waals surface area contributed by atoms with Crippen LogP contribution in [0.2, 0.25) is 0 Å². The van der Waals surface area contributed by atoms with Crippen LogP contribution in [-0.4, -0.2) is 56.5 Å². The van der Waals surface area contributed by atoms with Gasteiger partial charge in [0.2, 0.25) is 15.0 Å². The standard InChI is InChI=1S/C19H29N3O4S/c1-6-27(23,24)19-20-13-17(22(19)10-11-25-4)14-21(3)15(2)16-8-7-9-18(12-16)26-5/h7-9,12-13,15H,6,10-11,14H2,1-5H3. The van der Waals surface area contributed by atoms with Crippen LogP contribution in [0.3, 0.4) is 0 Å². The summed E-state index contributed by atoms with van der Waals surface area (Å²) in [6, 6.07) is 8.07. The summed E-state index contributed by atoms with van der Waals surface area (Å²) >= 11 is 0. The number of benzene rings is 1. The molecule has 8 heteroatoms. The van der Waals surface area contributed by atoms with E-state index >= 15 is 0 Å². The summed E-state index contributed by atoms with van der Waals surface area (Å²) in [5.41, 5.74) is 1.97. The fourth-order valence-corrected chi connectivity index (χ4v) is 3.88. The fourth-order valence-electron chi connectivity index (χ4n) is 2.87. The molecular formula is C19H29N3O4S. The number of ether oxygens (including phenoxy) is 2. The van der Waals surface area contributed by atoms with Crippen molar-refractivity contribution in [2.24, 2.45) is 0 Å². The van der Waals surface area contributed by atoms with Crippen molar-refractivity contribution in [1.82, 2.24) is 14.5 Å². The highest BCUT2D eigenvalue weighted by Gasteiger charge is 2.23. The molecule has 0 aliphatic carbocycles. The Hall–Kier alpha value is -1.90. The van der Waals surface area contributed by atoms with Crippen molar-refractivity contribution in [3.05, 3.63) is 41.7 Å². The molecule has 0 aliphatic heterocycles. The Morgan fingerprint density at radius 1 is 1.30 bits per heavy atom. The van der Waals surface area contributed by atoms with E-state index in [2.05, 4.69) is 22.9 Å². The molecule has 7 nitrogen and oxygen atoms in total. The van der Waals surface area contributed by atoms with Crippen LogP contribution in [0, 0.1) is 0 Å². The average molecular weight is 396 g/mol. The molecule has 1 aromatic carbocycles. The van der Waals surface area contributed by atoms with Crippen LogP contribution in [0.25, 0.3) is 0 Å². The van der Waals surface area contributed by atoms with Gasteiger partial charge in [0, 0.05) is 26.2 Å². The van der Waals surface area contributed by atoms with Gasteiger partial charge in [-0.15, -0.1) is 0 Å². The van der Waals surface area contributed by atoms with E-state index in [1.165, 1.54) is 0 Å². The third-order valence-corrected chi connectivity index (χ3v) is 6.37. The first-order chi connectivity index (χ1) is 12.8. The van der Waals surface area contributed by atoms with Gasteiger partial charge in [0.1, 0.15) is 5.75 Å². The van der Waals surface area contributed by atoms with Gasteiger partial charge in [-0.2, -0.15) is 0 Å². The lowest BCUT2D eigenvalue weighted by Gasteiger charge is -2.26. The summed E-state index contributed by atoms with van der Waals surface area (Å²) in [6.07, 6.45) is 1.65. The van der Waals surface area contributed by atoms with Gasteiger partial charge in [0.05, 0.1) is 31.4 Å². The molecular weight excluding hydrogens is 366 g/mol. The molecule has 0 saturated carbocycles. The molecule has 1 atom stereocenters. The topological polar surface area (TPSA) is 73.7 Å².